The van der Waals surface area contributed by atoms with Crippen LogP contribution in [0.3, 0.4) is 0 Å². The fourth-order valence-electron chi connectivity index (χ4n) is 4.30. The van der Waals surface area contributed by atoms with Gasteiger partial charge in [0.05, 0.1) is 6.10 Å². The number of benzene rings is 2. The predicted molar refractivity (Wildman–Crippen MR) is 137 cm³/mol. The largest absolute Gasteiger partial charge is 0.487 e. The van der Waals surface area contributed by atoms with Crippen LogP contribution < -0.4 is 14.4 Å². The van der Waals surface area contributed by atoms with Gasteiger partial charge in [-0.25, -0.2) is 4.79 Å². The quantitative estimate of drug-likeness (QED) is 0.294. The monoisotopic (exact) mass is 578 g/mol. The first-order valence-corrected chi connectivity index (χ1v) is 12.4. The summed E-state index contributed by atoms with van der Waals surface area (Å²) >= 11 is 0. The van der Waals surface area contributed by atoms with Gasteiger partial charge in [-0.1, -0.05) is 18.2 Å². The second-order valence-corrected chi connectivity index (χ2v) is 9.46. The summed E-state index contributed by atoms with van der Waals surface area (Å²) in [5.41, 5.74) is 0.418. The third-order valence-electron chi connectivity index (χ3n) is 6.26. The molecule has 0 bridgehead atoms. The number of aliphatic carboxylic acids is 1. The first-order valence-electron chi connectivity index (χ1n) is 12.4. The van der Waals surface area contributed by atoms with E-state index < -0.39 is 49.0 Å². The van der Waals surface area contributed by atoms with Crippen molar-refractivity contribution in [2.45, 2.75) is 57.1 Å². The first-order chi connectivity index (χ1) is 19.4. The molecule has 12 nitrogen and oxygen atoms in total. The number of halogens is 2. The summed E-state index contributed by atoms with van der Waals surface area (Å²) in [6.45, 7) is 0.361. The van der Waals surface area contributed by atoms with Gasteiger partial charge in [0, 0.05) is 18.2 Å². The first kappa shape index (κ1) is 29.9. The number of carboxylic acids is 1. The Bertz CT molecular complexity index is 1400. The summed E-state index contributed by atoms with van der Waals surface area (Å²) in [5, 5.41) is 40.2. The molecule has 1 fully saturated rings. The highest BCUT2D eigenvalue weighted by atomic mass is 19.3. The van der Waals surface area contributed by atoms with Crippen LogP contribution in [-0.2, 0) is 9.53 Å². The number of nitrogens with zero attached hydrogens (tertiary/aromatic N) is 2. The molecule has 3 aromatic rings. The summed E-state index contributed by atoms with van der Waals surface area (Å²) in [4.78, 5) is 30.5. The van der Waals surface area contributed by atoms with Crippen LogP contribution in [0.2, 0.25) is 0 Å². The third kappa shape index (κ3) is 6.30. The maximum atomic E-state index is 13.5. The van der Waals surface area contributed by atoms with Crippen molar-refractivity contribution in [2.24, 2.45) is 0 Å². The van der Waals surface area contributed by atoms with Crippen molar-refractivity contribution in [3.63, 3.8) is 0 Å². The standard InChI is InChI=1S/C27H28F2N2O10/c1-12(2)39-17-10-13(8-9-16(17)40-27(28)29)24-30-18(11-38-24)31(3)25(35)15-7-5-4-6-14(15)22-20(33)19(32)21(34)23(41-22)26(36)37/h4-12,19-23,27,32-34H,1-3H3,(H,36,37)/t19-,20+,21-,22-,23-/m0/s1. The summed E-state index contributed by atoms with van der Waals surface area (Å²) in [5.74, 6) is -2.24. The van der Waals surface area contributed by atoms with E-state index in [-0.39, 0.29) is 40.4 Å². The van der Waals surface area contributed by atoms with Crippen LogP contribution in [0.1, 0.15) is 35.9 Å². The third-order valence-corrected chi connectivity index (χ3v) is 6.26. The van der Waals surface area contributed by atoms with Crippen LogP contribution >= 0.6 is 0 Å². The number of anilines is 1. The van der Waals surface area contributed by atoms with Crippen molar-refractivity contribution in [1.29, 1.82) is 0 Å². The Labute approximate surface area is 232 Å². The molecule has 14 heteroatoms. The molecule has 0 radical (unpaired) electrons. The molecule has 5 atom stereocenters. The van der Waals surface area contributed by atoms with Gasteiger partial charge in [-0.3, -0.25) is 9.69 Å². The van der Waals surface area contributed by atoms with Gasteiger partial charge in [0.2, 0.25) is 5.89 Å². The van der Waals surface area contributed by atoms with Crippen LogP contribution in [0.4, 0.5) is 14.6 Å². The molecule has 1 aromatic heterocycles. The maximum absolute atomic E-state index is 13.5. The van der Waals surface area contributed by atoms with Gasteiger partial charge >= 0.3 is 12.6 Å². The van der Waals surface area contributed by atoms with Crippen LogP contribution in [0.25, 0.3) is 11.5 Å². The van der Waals surface area contributed by atoms with Crippen LogP contribution in [-0.4, -0.2) is 81.5 Å². The van der Waals surface area contributed by atoms with E-state index in [4.69, 9.17) is 13.9 Å². The van der Waals surface area contributed by atoms with E-state index in [9.17, 15) is 38.8 Å². The molecule has 1 amide bonds. The van der Waals surface area contributed by atoms with Crippen molar-refractivity contribution in [1.82, 2.24) is 4.98 Å². The second-order valence-electron chi connectivity index (χ2n) is 9.46. The smallest absolute Gasteiger partial charge is 0.387 e. The lowest BCUT2D eigenvalue weighted by atomic mass is 9.88. The average Bonchev–Trinajstić information content (AvgIpc) is 3.42. The Kier molecular flexibility index (Phi) is 8.87. The lowest BCUT2D eigenvalue weighted by Gasteiger charge is -2.39. The molecule has 2 heterocycles. The van der Waals surface area contributed by atoms with Crippen LogP contribution in [0, 0.1) is 0 Å². The zero-order chi connectivity index (χ0) is 30.0. The Balaban J connectivity index is 1.61. The number of alkyl halides is 2. The highest BCUT2D eigenvalue weighted by molar-refractivity contribution is 6.06. The summed E-state index contributed by atoms with van der Waals surface area (Å²) in [7, 11) is 1.39. The number of aliphatic hydroxyl groups is 3. The van der Waals surface area contributed by atoms with Crippen molar-refractivity contribution < 1.29 is 57.4 Å². The number of ether oxygens (including phenoxy) is 3. The second kappa shape index (κ2) is 12.2. The van der Waals surface area contributed by atoms with Gasteiger partial charge in [-0.2, -0.15) is 13.8 Å². The van der Waals surface area contributed by atoms with Gasteiger partial charge in [0.25, 0.3) is 5.91 Å². The Morgan fingerprint density at radius 2 is 1.71 bits per heavy atom. The number of rotatable bonds is 9. The Hall–Kier alpha value is -4.11. The van der Waals surface area contributed by atoms with Crippen LogP contribution in [0.15, 0.2) is 53.1 Å². The number of aromatic nitrogens is 1. The summed E-state index contributed by atoms with van der Waals surface area (Å²) < 4.78 is 46.6. The molecule has 41 heavy (non-hydrogen) atoms. The molecule has 1 saturated heterocycles. The molecular formula is C27H28F2N2O10. The SMILES string of the molecule is CC(C)Oc1cc(-c2nc(N(C)C(=O)c3ccccc3[C@@H]3O[C@H](C(=O)O)[C@@H](O)[C@@H](O)[C@H]3O)co2)ccc1OC(F)F. The minimum atomic E-state index is -3.06. The minimum absolute atomic E-state index is 0.00236. The van der Waals surface area contributed by atoms with Gasteiger partial charge in [0.1, 0.15) is 30.7 Å². The topological polar surface area (TPSA) is 172 Å². The van der Waals surface area contributed by atoms with Gasteiger partial charge in [-0.05, 0) is 43.7 Å². The average molecular weight is 579 g/mol. The maximum Gasteiger partial charge on any atom is 0.387 e. The predicted octanol–water partition coefficient (Wildman–Crippen LogP) is 2.61. The molecule has 1 aliphatic rings. The van der Waals surface area contributed by atoms with Gasteiger partial charge in [0.15, 0.2) is 23.4 Å². The van der Waals surface area contributed by atoms with E-state index >= 15 is 0 Å². The molecule has 0 aliphatic carbocycles. The summed E-state index contributed by atoms with van der Waals surface area (Å²) in [6, 6.07) is 10.0. The van der Waals surface area contributed by atoms with Gasteiger partial charge < -0.3 is 39.1 Å². The molecule has 0 saturated carbocycles. The lowest BCUT2D eigenvalue weighted by Crippen LogP contribution is -2.56. The van der Waals surface area contributed by atoms with E-state index in [1.165, 1.54) is 55.8 Å². The number of carbonyl (C=O) groups excluding carboxylic acids is 1. The molecule has 0 spiro atoms. The number of hydrogen-bond acceptors (Lipinski definition) is 10. The van der Waals surface area contributed by atoms with E-state index in [2.05, 4.69) is 9.72 Å². The number of amides is 1. The number of carboxylic acid groups (broad SMARTS) is 1. The molecule has 4 N–H and O–H groups in total. The minimum Gasteiger partial charge on any atom is -0.487 e. The fraction of sp³-hybridized carbons (Fsp3) is 0.370. The Morgan fingerprint density at radius 1 is 1.00 bits per heavy atom. The van der Waals surface area contributed by atoms with Crippen molar-refractivity contribution in [2.75, 3.05) is 11.9 Å². The molecule has 0 unspecified atom stereocenters. The fourth-order valence-corrected chi connectivity index (χ4v) is 4.30. The van der Waals surface area contributed by atoms with E-state index in [0.717, 1.165) is 4.90 Å². The van der Waals surface area contributed by atoms with E-state index in [1.54, 1.807) is 13.8 Å². The number of hydrogen-bond donors (Lipinski definition) is 4. The van der Waals surface area contributed by atoms with E-state index in [0.29, 0.717) is 5.56 Å². The number of oxazole rings is 1. The molecular weight excluding hydrogens is 550 g/mol. The number of aliphatic hydroxyl groups excluding tert-OH is 3. The highest BCUT2D eigenvalue weighted by Gasteiger charge is 2.48. The van der Waals surface area contributed by atoms with Crippen molar-refractivity contribution in [3.05, 3.63) is 59.9 Å². The highest BCUT2D eigenvalue weighted by Crippen LogP contribution is 2.37. The van der Waals surface area contributed by atoms with Crippen molar-refractivity contribution in [3.8, 4) is 23.0 Å². The number of carbonyl (C=O) groups is 2. The summed E-state index contributed by atoms with van der Waals surface area (Å²) in [6.07, 6.45) is -7.94. The lowest BCUT2D eigenvalue weighted by molar-refractivity contribution is -0.229. The van der Waals surface area contributed by atoms with Gasteiger partial charge in [-0.15, -0.1) is 0 Å². The molecule has 1 aliphatic heterocycles. The molecule has 2 aromatic carbocycles. The molecule has 220 valence electrons. The molecule has 4 rings (SSSR count). The normalized spacial score (nSPS) is 22.5. The Morgan fingerprint density at radius 3 is 2.37 bits per heavy atom. The zero-order valence-corrected chi connectivity index (χ0v) is 22.0. The van der Waals surface area contributed by atoms with Crippen LogP contribution in [0.5, 0.6) is 11.5 Å². The van der Waals surface area contributed by atoms with E-state index in [1.807, 2.05) is 0 Å². The van der Waals surface area contributed by atoms with Crippen molar-refractivity contribution >= 4 is 17.7 Å². The zero-order valence-electron chi connectivity index (χ0n) is 22.0.